The van der Waals surface area contributed by atoms with Gasteiger partial charge in [-0.3, -0.25) is 9.88 Å². The van der Waals surface area contributed by atoms with Gasteiger partial charge in [-0.1, -0.05) is 0 Å². The van der Waals surface area contributed by atoms with Crippen molar-refractivity contribution >= 4 is 5.82 Å². The summed E-state index contributed by atoms with van der Waals surface area (Å²) in [6.07, 6.45) is 6.33. The number of hydrogen-bond acceptors (Lipinski definition) is 4. The second-order valence-corrected chi connectivity index (χ2v) is 3.91. The predicted octanol–water partition coefficient (Wildman–Crippen LogP) is 1.50. The van der Waals surface area contributed by atoms with E-state index in [0.717, 1.165) is 24.6 Å². The Bertz CT molecular complexity index is 290. The van der Waals surface area contributed by atoms with Gasteiger partial charge in [0, 0.05) is 13.1 Å². The molecule has 2 rings (SSSR count). The average molecular weight is 206 g/mol. The fraction of sp³-hybridized carbons (Fsp3) is 0.636. The van der Waals surface area contributed by atoms with E-state index < -0.39 is 0 Å². The number of anilines is 1. The molecule has 1 N–H and O–H groups in total. The van der Waals surface area contributed by atoms with Gasteiger partial charge in [0.15, 0.2) is 0 Å². The van der Waals surface area contributed by atoms with Crippen molar-refractivity contribution in [1.82, 2.24) is 14.9 Å². The van der Waals surface area contributed by atoms with Crippen molar-refractivity contribution in [1.29, 1.82) is 0 Å². The Morgan fingerprint density at radius 3 is 2.67 bits per heavy atom. The van der Waals surface area contributed by atoms with E-state index >= 15 is 0 Å². The summed E-state index contributed by atoms with van der Waals surface area (Å²) in [5.41, 5.74) is 1.07. The summed E-state index contributed by atoms with van der Waals surface area (Å²) in [7, 11) is 0. The maximum Gasteiger partial charge on any atom is 0.144 e. The second kappa shape index (κ2) is 5.07. The molecule has 82 valence electrons. The summed E-state index contributed by atoms with van der Waals surface area (Å²) < 4.78 is 0. The van der Waals surface area contributed by atoms with Crippen LogP contribution in [0.5, 0.6) is 0 Å². The summed E-state index contributed by atoms with van der Waals surface area (Å²) in [5, 5.41) is 3.14. The first-order valence-corrected chi connectivity index (χ1v) is 5.65. The van der Waals surface area contributed by atoms with Gasteiger partial charge >= 0.3 is 0 Å². The van der Waals surface area contributed by atoms with E-state index in [1.165, 1.54) is 25.9 Å². The molecule has 0 radical (unpaired) electrons. The molecule has 0 saturated carbocycles. The highest BCUT2D eigenvalue weighted by Crippen LogP contribution is 2.11. The molecule has 4 heteroatoms. The van der Waals surface area contributed by atoms with Crippen LogP contribution in [0.1, 0.15) is 25.5 Å². The Kier molecular flexibility index (Phi) is 3.50. The SMILES string of the molecule is CCNc1cnc(CN2CCCC2)cn1. The van der Waals surface area contributed by atoms with Gasteiger partial charge in [-0.2, -0.15) is 0 Å². The quantitative estimate of drug-likeness (QED) is 0.810. The first-order chi connectivity index (χ1) is 7.38. The third-order valence-electron chi connectivity index (χ3n) is 2.65. The molecule has 2 heterocycles. The molecule has 4 nitrogen and oxygen atoms in total. The molecule has 1 fully saturated rings. The Morgan fingerprint density at radius 1 is 1.27 bits per heavy atom. The first-order valence-electron chi connectivity index (χ1n) is 5.65. The molecular weight excluding hydrogens is 188 g/mol. The monoisotopic (exact) mass is 206 g/mol. The molecule has 1 saturated heterocycles. The molecule has 0 aromatic carbocycles. The van der Waals surface area contributed by atoms with E-state index in [1.54, 1.807) is 0 Å². The number of likely N-dealkylation sites (tertiary alicyclic amines) is 1. The van der Waals surface area contributed by atoms with Gasteiger partial charge in [0.2, 0.25) is 0 Å². The fourth-order valence-corrected chi connectivity index (χ4v) is 1.88. The average Bonchev–Trinajstić information content (AvgIpc) is 2.74. The molecule has 0 bridgehead atoms. The highest BCUT2D eigenvalue weighted by Gasteiger charge is 2.12. The van der Waals surface area contributed by atoms with Gasteiger partial charge in [-0.25, -0.2) is 4.98 Å². The third-order valence-corrected chi connectivity index (χ3v) is 2.65. The Labute approximate surface area is 90.7 Å². The third kappa shape index (κ3) is 2.89. The van der Waals surface area contributed by atoms with Gasteiger partial charge in [-0.15, -0.1) is 0 Å². The lowest BCUT2D eigenvalue weighted by Crippen LogP contribution is -2.19. The number of aromatic nitrogens is 2. The van der Waals surface area contributed by atoms with Crippen LogP contribution in [0.25, 0.3) is 0 Å². The van der Waals surface area contributed by atoms with Gasteiger partial charge < -0.3 is 5.32 Å². The lowest BCUT2D eigenvalue weighted by atomic mass is 10.4. The van der Waals surface area contributed by atoms with Crippen LogP contribution >= 0.6 is 0 Å². The van der Waals surface area contributed by atoms with Crippen LogP contribution in [0.2, 0.25) is 0 Å². The highest BCUT2D eigenvalue weighted by atomic mass is 15.1. The molecule has 1 aliphatic rings. The van der Waals surface area contributed by atoms with Gasteiger partial charge in [0.05, 0.1) is 18.1 Å². The highest BCUT2D eigenvalue weighted by molar-refractivity contribution is 5.30. The van der Waals surface area contributed by atoms with Gasteiger partial charge in [0.1, 0.15) is 5.82 Å². The zero-order valence-electron chi connectivity index (χ0n) is 9.24. The van der Waals surface area contributed by atoms with Crippen molar-refractivity contribution in [2.45, 2.75) is 26.3 Å². The molecule has 1 aromatic rings. The number of nitrogens with zero attached hydrogens (tertiary/aromatic N) is 3. The van der Waals surface area contributed by atoms with Crippen molar-refractivity contribution in [3.63, 3.8) is 0 Å². The largest absolute Gasteiger partial charge is 0.369 e. The summed E-state index contributed by atoms with van der Waals surface area (Å²) in [4.78, 5) is 11.1. The van der Waals surface area contributed by atoms with Crippen LogP contribution in [-0.4, -0.2) is 34.5 Å². The molecular formula is C11H18N4. The van der Waals surface area contributed by atoms with E-state index in [0.29, 0.717) is 0 Å². The Hall–Kier alpha value is -1.16. The van der Waals surface area contributed by atoms with E-state index in [2.05, 4.69) is 27.1 Å². The van der Waals surface area contributed by atoms with Crippen LogP contribution in [-0.2, 0) is 6.54 Å². The Morgan fingerprint density at radius 2 is 2.07 bits per heavy atom. The van der Waals surface area contributed by atoms with Crippen molar-refractivity contribution in [3.8, 4) is 0 Å². The second-order valence-electron chi connectivity index (χ2n) is 3.91. The van der Waals surface area contributed by atoms with Gasteiger partial charge in [-0.05, 0) is 32.9 Å². The van der Waals surface area contributed by atoms with Crippen LogP contribution < -0.4 is 5.32 Å². The number of hydrogen-bond donors (Lipinski definition) is 1. The van der Waals surface area contributed by atoms with E-state index in [9.17, 15) is 0 Å². The summed E-state index contributed by atoms with van der Waals surface area (Å²) >= 11 is 0. The van der Waals surface area contributed by atoms with Crippen LogP contribution in [0.15, 0.2) is 12.4 Å². The van der Waals surface area contributed by atoms with Crippen LogP contribution in [0.4, 0.5) is 5.82 Å². The van der Waals surface area contributed by atoms with E-state index in [-0.39, 0.29) is 0 Å². The summed E-state index contributed by atoms with van der Waals surface area (Å²) in [6, 6.07) is 0. The maximum absolute atomic E-state index is 4.39. The molecule has 0 amide bonds. The smallest absolute Gasteiger partial charge is 0.144 e. The minimum atomic E-state index is 0.864. The first kappa shape index (κ1) is 10.4. The minimum absolute atomic E-state index is 0.864. The normalized spacial score (nSPS) is 16.9. The molecule has 0 spiro atoms. The van der Waals surface area contributed by atoms with E-state index in [1.807, 2.05) is 12.4 Å². The summed E-state index contributed by atoms with van der Waals surface area (Å²) in [5.74, 6) is 0.864. The standard InChI is InChI=1S/C11H18N4/c1-2-12-11-8-13-10(7-14-11)9-15-5-3-4-6-15/h7-8H,2-6,9H2,1H3,(H,12,14). The molecule has 0 aliphatic carbocycles. The van der Waals surface area contributed by atoms with Crippen LogP contribution in [0, 0.1) is 0 Å². The van der Waals surface area contributed by atoms with Crippen molar-refractivity contribution in [2.75, 3.05) is 25.0 Å². The van der Waals surface area contributed by atoms with Gasteiger partial charge in [0.25, 0.3) is 0 Å². The minimum Gasteiger partial charge on any atom is -0.369 e. The lowest BCUT2D eigenvalue weighted by Gasteiger charge is -2.13. The molecule has 0 atom stereocenters. The molecule has 0 unspecified atom stereocenters. The van der Waals surface area contributed by atoms with Crippen molar-refractivity contribution < 1.29 is 0 Å². The van der Waals surface area contributed by atoms with Crippen molar-refractivity contribution in [2.24, 2.45) is 0 Å². The molecule has 1 aliphatic heterocycles. The summed E-state index contributed by atoms with van der Waals surface area (Å²) in [6.45, 7) is 6.30. The fourth-order valence-electron chi connectivity index (χ4n) is 1.88. The Balaban J connectivity index is 1.91. The number of rotatable bonds is 4. The zero-order chi connectivity index (χ0) is 10.5. The van der Waals surface area contributed by atoms with Crippen molar-refractivity contribution in [3.05, 3.63) is 18.1 Å². The van der Waals surface area contributed by atoms with E-state index in [4.69, 9.17) is 0 Å². The predicted molar refractivity (Wildman–Crippen MR) is 60.7 cm³/mol. The molecule has 15 heavy (non-hydrogen) atoms. The molecule has 1 aromatic heterocycles. The lowest BCUT2D eigenvalue weighted by molar-refractivity contribution is 0.327. The zero-order valence-corrected chi connectivity index (χ0v) is 9.24. The maximum atomic E-state index is 4.39. The topological polar surface area (TPSA) is 41.1 Å². The van der Waals surface area contributed by atoms with Crippen LogP contribution in [0.3, 0.4) is 0 Å². The number of nitrogens with one attached hydrogen (secondary N) is 1.